The second kappa shape index (κ2) is 10.5. The van der Waals surface area contributed by atoms with E-state index in [4.69, 9.17) is 4.74 Å². The first-order valence-electron chi connectivity index (χ1n) is 11.9. The smallest absolute Gasteiger partial charge is 0.415 e. The van der Waals surface area contributed by atoms with Crippen molar-refractivity contribution in [1.82, 2.24) is 19.9 Å². The standard InChI is InChI=1S/C27H24N6O5S/c1-18(2)38-27(35)32-10-11-33(26(34)17-32)25-16-29-23-9-8-19(13-24(23)30-25)20-12-21(15-28-14-20)31-39(36,37)22-6-4-3-5-7-22/h3-9,12-16,31H,1,10-11,17H2,2H3. The fourth-order valence-corrected chi connectivity index (χ4v) is 5.12. The van der Waals surface area contributed by atoms with Crippen molar-refractivity contribution >= 4 is 44.6 Å². The van der Waals surface area contributed by atoms with Crippen molar-refractivity contribution in [3.63, 3.8) is 0 Å². The Hall–Kier alpha value is -4.84. The van der Waals surface area contributed by atoms with Crippen LogP contribution in [-0.4, -0.2) is 59.9 Å². The third-order valence-corrected chi connectivity index (χ3v) is 7.32. The van der Waals surface area contributed by atoms with E-state index in [0.29, 0.717) is 28.1 Å². The molecule has 0 unspecified atom stereocenters. The minimum atomic E-state index is -3.77. The second-order valence-corrected chi connectivity index (χ2v) is 10.5. The Morgan fingerprint density at radius 3 is 2.54 bits per heavy atom. The lowest BCUT2D eigenvalue weighted by atomic mass is 10.1. The van der Waals surface area contributed by atoms with Gasteiger partial charge in [-0.25, -0.2) is 18.2 Å². The number of carbonyl (C=O) groups excluding carboxylic acids is 2. The molecule has 1 N–H and O–H groups in total. The molecule has 0 atom stereocenters. The van der Waals surface area contributed by atoms with E-state index < -0.39 is 16.1 Å². The zero-order valence-corrected chi connectivity index (χ0v) is 21.8. The highest BCUT2D eigenvalue weighted by molar-refractivity contribution is 7.92. The molecule has 2 amide bonds. The Morgan fingerprint density at radius 1 is 1.00 bits per heavy atom. The maximum Gasteiger partial charge on any atom is 0.415 e. The van der Waals surface area contributed by atoms with Gasteiger partial charge in [0.1, 0.15) is 6.54 Å². The summed E-state index contributed by atoms with van der Waals surface area (Å²) in [5, 5.41) is 0. The van der Waals surface area contributed by atoms with Crippen LogP contribution in [0.15, 0.2) is 90.4 Å². The van der Waals surface area contributed by atoms with Gasteiger partial charge in [-0.15, -0.1) is 0 Å². The number of pyridine rings is 1. The van der Waals surface area contributed by atoms with E-state index in [0.717, 1.165) is 5.56 Å². The van der Waals surface area contributed by atoms with Crippen molar-refractivity contribution in [2.75, 3.05) is 29.3 Å². The predicted molar refractivity (Wildman–Crippen MR) is 145 cm³/mol. The van der Waals surface area contributed by atoms with Gasteiger partial charge in [0, 0.05) is 24.8 Å². The Balaban J connectivity index is 1.37. The Kier molecular flexibility index (Phi) is 6.94. The number of fused-ring (bicyclic) bond motifs is 1. The summed E-state index contributed by atoms with van der Waals surface area (Å²) in [6.45, 7) is 5.46. The molecular formula is C27H24N6O5S. The van der Waals surface area contributed by atoms with Gasteiger partial charge in [0.05, 0.1) is 39.8 Å². The van der Waals surface area contributed by atoms with Crippen LogP contribution in [0, 0.1) is 0 Å². The first-order valence-corrected chi connectivity index (χ1v) is 13.4. The van der Waals surface area contributed by atoms with Crippen molar-refractivity contribution in [2.45, 2.75) is 11.8 Å². The molecule has 0 saturated carbocycles. The van der Waals surface area contributed by atoms with Crippen LogP contribution in [0.5, 0.6) is 0 Å². The van der Waals surface area contributed by atoms with Crippen LogP contribution < -0.4 is 9.62 Å². The highest BCUT2D eigenvalue weighted by Gasteiger charge is 2.30. The summed E-state index contributed by atoms with van der Waals surface area (Å²) in [7, 11) is -3.77. The highest BCUT2D eigenvalue weighted by atomic mass is 32.2. The third-order valence-electron chi connectivity index (χ3n) is 5.92. The zero-order valence-electron chi connectivity index (χ0n) is 20.9. The van der Waals surface area contributed by atoms with Gasteiger partial charge in [-0.2, -0.15) is 0 Å². The number of nitrogens with zero attached hydrogens (tertiary/aromatic N) is 5. The SMILES string of the molecule is C=C(C)OC(=O)N1CCN(c2cnc3ccc(-c4cncc(NS(=O)(=O)c5ccccc5)c4)cc3n2)C(=O)C1. The van der Waals surface area contributed by atoms with Crippen LogP contribution in [0.3, 0.4) is 0 Å². The zero-order chi connectivity index (χ0) is 27.6. The largest absolute Gasteiger partial charge is 0.416 e. The van der Waals surface area contributed by atoms with Crippen LogP contribution in [0.1, 0.15) is 6.92 Å². The Morgan fingerprint density at radius 2 is 1.79 bits per heavy atom. The summed E-state index contributed by atoms with van der Waals surface area (Å²) >= 11 is 0. The van der Waals surface area contributed by atoms with Gasteiger partial charge in [-0.1, -0.05) is 30.8 Å². The number of anilines is 2. The molecule has 0 spiro atoms. The predicted octanol–water partition coefficient (Wildman–Crippen LogP) is 3.81. The van der Waals surface area contributed by atoms with Crippen LogP contribution >= 0.6 is 0 Å². The number of benzene rings is 2. The first kappa shape index (κ1) is 25.8. The second-order valence-electron chi connectivity index (χ2n) is 8.85. The van der Waals surface area contributed by atoms with E-state index in [1.54, 1.807) is 49.5 Å². The Labute approximate surface area is 224 Å². The number of piperazine rings is 1. The summed E-state index contributed by atoms with van der Waals surface area (Å²) in [5.41, 5.74) is 2.87. The molecule has 39 heavy (non-hydrogen) atoms. The van der Waals surface area contributed by atoms with Crippen LogP contribution in [0.4, 0.5) is 16.3 Å². The van der Waals surface area contributed by atoms with Crippen LogP contribution in [0.25, 0.3) is 22.2 Å². The van der Waals surface area contributed by atoms with E-state index in [2.05, 4.69) is 26.3 Å². The molecule has 0 radical (unpaired) electrons. The number of nitrogens with one attached hydrogen (secondary N) is 1. The van der Waals surface area contributed by atoms with E-state index in [1.165, 1.54) is 34.3 Å². The molecule has 1 aliphatic rings. The molecular weight excluding hydrogens is 520 g/mol. The minimum absolute atomic E-state index is 0.145. The molecule has 11 nitrogen and oxygen atoms in total. The van der Waals surface area contributed by atoms with Crippen molar-refractivity contribution in [3.05, 3.63) is 85.5 Å². The number of aromatic nitrogens is 3. The molecule has 1 fully saturated rings. The molecule has 1 aliphatic heterocycles. The number of rotatable bonds is 6. The lowest BCUT2D eigenvalue weighted by Crippen LogP contribution is -2.52. The molecule has 1 saturated heterocycles. The maximum atomic E-state index is 12.8. The van der Waals surface area contributed by atoms with Crippen molar-refractivity contribution < 1.29 is 22.7 Å². The number of amides is 2. The fraction of sp³-hybridized carbons (Fsp3) is 0.148. The van der Waals surface area contributed by atoms with Crippen LogP contribution in [0.2, 0.25) is 0 Å². The molecule has 3 heterocycles. The normalized spacial score (nSPS) is 13.8. The minimum Gasteiger partial charge on any atom is -0.416 e. The summed E-state index contributed by atoms with van der Waals surface area (Å²) in [6, 6.07) is 15.2. The number of sulfonamides is 1. The fourth-order valence-electron chi connectivity index (χ4n) is 4.06. The molecule has 2 aromatic heterocycles. The first-order chi connectivity index (χ1) is 18.7. The number of hydrogen-bond acceptors (Lipinski definition) is 8. The quantitative estimate of drug-likeness (QED) is 0.362. The number of ether oxygens (including phenoxy) is 1. The van der Waals surface area contributed by atoms with Crippen molar-refractivity contribution in [2.24, 2.45) is 0 Å². The molecule has 2 aromatic carbocycles. The lowest BCUT2D eigenvalue weighted by molar-refractivity contribution is -0.120. The summed E-state index contributed by atoms with van der Waals surface area (Å²) < 4.78 is 33.0. The number of hydrogen-bond donors (Lipinski definition) is 1. The topological polar surface area (TPSA) is 135 Å². The van der Waals surface area contributed by atoms with Crippen molar-refractivity contribution in [3.8, 4) is 11.1 Å². The van der Waals surface area contributed by atoms with E-state index >= 15 is 0 Å². The molecule has 12 heteroatoms. The van der Waals surface area contributed by atoms with Gasteiger partial charge in [0.2, 0.25) is 5.91 Å². The van der Waals surface area contributed by atoms with Gasteiger partial charge in [0.25, 0.3) is 10.0 Å². The monoisotopic (exact) mass is 544 g/mol. The van der Waals surface area contributed by atoms with Gasteiger partial charge >= 0.3 is 6.09 Å². The average Bonchev–Trinajstić information content (AvgIpc) is 2.92. The van der Waals surface area contributed by atoms with E-state index in [9.17, 15) is 18.0 Å². The molecule has 0 aliphatic carbocycles. The summed E-state index contributed by atoms with van der Waals surface area (Å²) in [5.74, 6) is 0.299. The molecule has 4 aromatic rings. The summed E-state index contributed by atoms with van der Waals surface area (Å²) in [4.78, 5) is 41.1. The number of allylic oxidation sites excluding steroid dienone is 1. The molecule has 5 rings (SSSR count). The van der Waals surface area contributed by atoms with E-state index in [1.807, 2.05) is 6.07 Å². The van der Waals surface area contributed by atoms with E-state index in [-0.39, 0.29) is 36.2 Å². The van der Waals surface area contributed by atoms with Gasteiger partial charge in [0.15, 0.2) is 5.82 Å². The van der Waals surface area contributed by atoms with Gasteiger partial charge in [-0.05, 0) is 42.8 Å². The summed E-state index contributed by atoms with van der Waals surface area (Å²) in [6.07, 6.45) is 3.94. The van der Waals surface area contributed by atoms with Gasteiger partial charge < -0.3 is 4.74 Å². The maximum absolute atomic E-state index is 12.8. The van der Waals surface area contributed by atoms with Gasteiger partial charge in [-0.3, -0.25) is 29.3 Å². The van der Waals surface area contributed by atoms with Crippen LogP contribution in [-0.2, 0) is 19.6 Å². The third kappa shape index (κ3) is 5.70. The molecule has 198 valence electrons. The Bertz CT molecular complexity index is 1690. The van der Waals surface area contributed by atoms with Crippen molar-refractivity contribution in [1.29, 1.82) is 0 Å². The number of carbonyl (C=O) groups is 2. The highest BCUT2D eigenvalue weighted by Crippen LogP contribution is 2.27. The lowest BCUT2D eigenvalue weighted by Gasteiger charge is -2.32. The molecule has 0 bridgehead atoms. The average molecular weight is 545 g/mol.